The Balaban J connectivity index is 2.53. The van der Waals surface area contributed by atoms with Gasteiger partial charge in [-0.1, -0.05) is 11.6 Å². The van der Waals surface area contributed by atoms with E-state index >= 15 is 0 Å². The Labute approximate surface area is 116 Å². The van der Waals surface area contributed by atoms with Crippen LogP contribution in [0.3, 0.4) is 0 Å². The molecule has 0 aliphatic carbocycles. The van der Waals surface area contributed by atoms with E-state index < -0.39 is 0 Å². The predicted molar refractivity (Wildman–Crippen MR) is 71.7 cm³/mol. The Morgan fingerprint density at radius 2 is 2.18 bits per heavy atom. The highest BCUT2D eigenvalue weighted by Crippen LogP contribution is 2.28. The summed E-state index contributed by atoms with van der Waals surface area (Å²) in [6.45, 7) is 0. The summed E-state index contributed by atoms with van der Waals surface area (Å²) in [7, 11) is 1.52. The van der Waals surface area contributed by atoms with E-state index in [0.29, 0.717) is 25.9 Å². The van der Waals surface area contributed by atoms with E-state index in [2.05, 4.69) is 9.97 Å². The lowest BCUT2D eigenvalue weighted by atomic mass is 10.1. The van der Waals surface area contributed by atoms with Crippen LogP contribution in [0, 0.1) is 9.52 Å². The molecular formula is C11H7ClFIN2O. The number of ether oxygens (including phenoxy) is 1. The summed E-state index contributed by atoms with van der Waals surface area (Å²) in [4.78, 5) is 8.39. The van der Waals surface area contributed by atoms with Crippen molar-refractivity contribution >= 4 is 34.2 Å². The van der Waals surface area contributed by atoms with Crippen molar-refractivity contribution in [3.05, 3.63) is 38.9 Å². The lowest BCUT2D eigenvalue weighted by molar-refractivity contribution is 0.392. The maximum atomic E-state index is 12.9. The summed E-state index contributed by atoms with van der Waals surface area (Å²) in [6, 6.07) is 4.13. The number of rotatable bonds is 2. The lowest BCUT2D eigenvalue weighted by Gasteiger charge is -2.06. The molecule has 0 radical (unpaired) electrons. The van der Waals surface area contributed by atoms with Crippen molar-refractivity contribution < 1.29 is 9.13 Å². The zero-order valence-electron chi connectivity index (χ0n) is 8.75. The van der Waals surface area contributed by atoms with Gasteiger partial charge in [0.1, 0.15) is 5.82 Å². The minimum Gasteiger partial charge on any atom is -0.479 e. The average molecular weight is 365 g/mol. The molecule has 0 unspecified atom stereocenters. The van der Waals surface area contributed by atoms with Gasteiger partial charge in [0.25, 0.3) is 0 Å². The Kier molecular flexibility index (Phi) is 3.78. The molecule has 3 nitrogen and oxygen atoms in total. The van der Waals surface area contributed by atoms with Gasteiger partial charge in [-0.2, -0.15) is 0 Å². The van der Waals surface area contributed by atoms with Crippen LogP contribution in [0.1, 0.15) is 0 Å². The molecule has 0 saturated heterocycles. The summed E-state index contributed by atoms with van der Waals surface area (Å²) in [6.07, 6.45) is 1.57. The standard InChI is InChI=1S/C11H7ClFIN2O/c1-17-11-10(14)15-5-9(16-11)7-3-2-6(13)4-8(7)12/h2-5H,1H3. The first-order chi connectivity index (χ1) is 8.11. The number of benzene rings is 1. The maximum absolute atomic E-state index is 12.9. The van der Waals surface area contributed by atoms with Crippen molar-refractivity contribution in [3.63, 3.8) is 0 Å². The van der Waals surface area contributed by atoms with E-state index in [0.717, 1.165) is 0 Å². The first kappa shape index (κ1) is 12.5. The fraction of sp³-hybridized carbons (Fsp3) is 0.0909. The number of aromatic nitrogens is 2. The average Bonchev–Trinajstić information content (AvgIpc) is 2.30. The van der Waals surface area contributed by atoms with E-state index in [4.69, 9.17) is 16.3 Å². The van der Waals surface area contributed by atoms with E-state index in [-0.39, 0.29) is 5.82 Å². The van der Waals surface area contributed by atoms with Gasteiger partial charge in [0, 0.05) is 5.56 Å². The molecule has 0 saturated carbocycles. The van der Waals surface area contributed by atoms with Gasteiger partial charge in [-0.15, -0.1) is 0 Å². The van der Waals surface area contributed by atoms with Crippen LogP contribution in [0.5, 0.6) is 5.88 Å². The zero-order valence-corrected chi connectivity index (χ0v) is 11.7. The van der Waals surface area contributed by atoms with Gasteiger partial charge in [-0.25, -0.2) is 14.4 Å². The third kappa shape index (κ3) is 2.66. The van der Waals surface area contributed by atoms with Crippen LogP contribution in [0.4, 0.5) is 4.39 Å². The molecular weight excluding hydrogens is 357 g/mol. The topological polar surface area (TPSA) is 35.0 Å². The Bertz CT molecular complexity index is 565. The minimum atomic E-state index is -0.385. The van der Waals surface area contributed by atoms with Crippen LogP contribution in [0.2, 0.25) is 5.02 Å². The molecule has 0 aliphatic heterocycles. The summed E-state index contributed by atoms with van der Waals surface area (Å²) >= 11 is 7.97. The van der Waals surface area contributed by atoms with E-state index in [1.54, 1.807) is 12.3 Å². The lowest BCUT2D eigenvalue weighted by Crippen LogP contribution is -1.96. The van der Waals surface area contributed by atoms with Crippen molar-refractivity contribution in [2.45, 2.75) is 0 Å². The molecule has 2 aromatic rings. The highest BCUT2D eigenvalue weighted by Gasteiger charge is 2.10. The predicted octanol–water partition coefficient (Wildman–Crippen LogP) is 3.55. The third-order valence-electron chi connectivity index (χ3n) is 2.10. The second kappa shape index (κ2) is 5.14. The van der Waals surface area contributed by atoms with E-state index in [1.165, 1.54) is 19.2 Å². The van der Waals surface area contributed by atoms with Gasteiger partial charge in [0.15, 0.2) is 3.70 Å². The molecule has 0 aliphatic rings. The van der Waals surface area contributed by atoms with Gasteiger partial charge in [0.05, 0.1) is 24.0 Å². The molecule has 6 heteroatoms. The highest BCUT2D eigenvalue weighted by molar-refractivity contribution is 14.1. The summed E-state index contributed by atoms with van der Waals surface area (Å²) in [5, 5.41) is 0.294. The summed E-state index contributed by atoms with van der Waals surface area (Å²) in [5.74, 6) is 0.0349. The molecule has 1 aromatic carbocycles. The minimum absolute atomic E-state index is 0.294. The van der Waals surface area contributed by atoms with Crippen molar-refractivity contribution in [2.24, 2.45) is 0 Å². The molecule has 0 amide bonds. The maximum Gasteiger partial charge on any atom is 0.246 e. The van der Waals surface area contributed by atoms with Crippen LogP contribution < -0.4 is 4.74 Å². The number of methoxy groups -OCH3 is 1. The zero-order chi connectivity index (χ0) is 12.4. The SMILES string of the molecule is COc1nc(-c2ccc(F)cc2Cl)cnc1I. The molecule has 1 aromatic heterocycles. The van der Waals surface area contributed by atoms with Crippen LogP contribution in [0.15, 0.2) is 24.4 Å². The van der Waals surface area contributed by atoms with Crippen LogP contribution >= 0.6 is 34.2 Å². The van der Waals surface area contributed by atoms with Crippen molar-refractivity contribution in [1.29, 1.82) is 0 Å². The summed E-state index contributed by atoms with van der Waals surface area (Å²) < 4.78 is 18.7. The molecule has 0 N–H and O–H groups in total. The Morgan fingerprint density at radius 3 is 2.82 bits per heavy atom. The quantitative estimate of drug-likeness (QED) is 0.765. The number of halogens is 3. The van der Waals surface area contributed by atoms with Crippen LogP contribution in [0.25, 0.3) is 11.3 Å². The fourth-order valence-corrected chi connectivity index (χ4v) is 2.06. The van der Waals surface area contributed by atoms with Gasteiger partial charge < -0.3 is 4.74 Å². The van der Waals surface area contributed by atoms with Crippen molar-refractivity contribution in [2.75, 3.05) is 7.11 Å². The molecule has 88 valence electrons. The molecule has 0 fully saturated rings. The van der Waals surface area contributed by atoms with Crippen molar-refractivity contribution in [1.82, 2.24) is 9.97 Å². The molecule has 2 rings (SSSR count). The molecule has 0 spiro atoms. The molecule has 1 heterocycles. The second-order valence-electron chi connectivity index (χ2n) is 3.18. The third-order valence-corrected chi connectivity index (χ3v) is 3.15. The van der Waals surface area contributed by atoms with Gasteiger partial charge >= 0.3 is 0 Å². The Hall–Kier alpha value is -0.950. The molecule has 0 atom stereocenters. The summed E-state index contributed by atoms with van der Waals surface area (Å²) in [5.41, 5.74) is 1.17. The number of nitrogens with zero attached hydrogens (tertiary/aromatic N) is 2. The monoisotopic (exact) mass is 364 g/mol. The smallest absolute Gasteiger partial charge is 0.246 e. The normalized spacial score (nSPS) is 10.4. The number of hydrogen-bond acceptors (Lipinski definition) is 3. The largest absolute Gasteiger partial charge is 0.479 e. The first-order valence-corrected chi connectivity index (χ1v) is 6.09. The van der Waals surface area contributed by atoms with Crippen LogP contribution in [-0.4, -0.2) is 17.1 Å². The molecule has 0 bridgehead atoms. The molecule has 17 heavy (non-hydrogen) atoms. The Morgan fingerprint density at radius 1 is 1.41 bits per heavy atom. The highest BCUT2D eigenvalue weighted by atomic mass is 127. The van der Waals surface area contributed by atoms with Gasteiger partial charge in [-0.3, -0.25) is 0 Å². The van der Waals surface area contributed by atoms with Crippen molar-refractivity contribution in [3.8, 4) is 17.1 Å². The first-order valence-electron chi connectivity index (χ1n) is 4.64. The van der Waals surface area contributed by atoms with E-state index in [9.17, 15) is 4.39 Å². The van der Waals surface area contributed by atoms with E-state index in [1.807, 2.05) is 22.6 Å². The fourth-order valence-electron chi connectivity index (χ4n) is 1.31. The van der Waals surface area contributed by atoms with Gasteiger partial charge in [0.2, 0.25) is 5.88 Å². The second-order valence-corrected chi connectivity index (χ2v) is 4.61. The van der Waals surface area contributed by atoms with Gasteiger partial charge in [-0.05, 0) is 40.8 Å². The van der Waals surface area contributed by atoms with Crippen LogP contribution in [-0.2, 0) is 0 Å². The number of hydrogen-bond donors (Lipinski definition) is 0.